The molecule has 0 saturated heterocycles. The van der Waals surface area contributed by atoms with Crippen molar-refractivity contribution >= 4 is 5.91 Å². The molecule has 0 atom stereocenters. The van der Waals surface area contributed by atoms with Gasteiger partial charge in [-0.15, -0.1) is 0 Å². The van der Waals surface area contributed by atoms with Crippen molar-refractivity contribution in [2.75, 3.05) is 6.54 Å². The third-order valence-electron chi connectivity index (χ3n) is 2.26. The number of nitrogens with one attached hydrogen (secondary N) is 1. The molecule has 1 aromatic heterocycles. The highest BCUT2D eigenvalue weighted by atomic mass is 16.5. The van der Waals surface area contributed by atoms with Crippen LogP contribution in [-0.2, 0) is 11.2 Å². The number of hydrogen-bond acceptors (Lipinski definition) is 3. The first-order valence-corrected chi connectivity index (χ1v) is 5.63. The quantitative estimate of drug-likeness (QED) is 0.784. The first-order valence-electron chi connectivity index (χ1n) is 5.63. The van der Waals surface area contributed by atoms with E-state index in [1.165, 1.54) is 6.26 Å². The Kier molecular flexibility index (Phi) is 4.52. The van der Waals surface area contributed by atoms with Crippen LogP contribution in [0.25, 0.3) is 0 Å². The molecule has 16 heavy (non-hydrogen) atoms. The van der Waals surface area contributed by atoms with Crippen LogP contribution in [0.1, 0.15) is 40.7 Å². The standard InChI is InChI=1S/C12H20N2O2.H2/c1-12(2,3)6-4-7-13-11(15)9-10-5-8-16-14-10;/h5,8H,4,6-7,9H2,1-3H3,(H,13,15);1H. The van der Waals surface area contributed by atoms with Gasteiger partial charge in [-0.3, -0.25) is 4.79 Å². The summed E-state index contributed by atoms with van der Waals surface area (Å²) in [5.41, 5.74) is 1.00. The summed E-state index contributed by atoms with van der Waals surface area (Å²) in [5.74, 6) is 0.00260. The normalized spacial score (nSPS) is 11.4. The zero-order valence-corrected chi connectivity index (χ0v) is 10.2. The fourth-order valence-corrected chi connectivity index (χ4v) is 1.40. The fourth-order valence-electron chi connectivity index (χ4n) is 1.40. The summed E-state index contributed by atoms with van der Waals surface area (Å²) in [6, 6.07) is 1.70. The lowest BCUT2D eigenvalue weighted by atomic mass is 9.91. The third-order valence-corrected chi connectivity index (χ3v) is 2.26. The van der Waals surface area contributed by atoms with Crippen LogP contribution in [0.3, 0.4) is 0 Å². The second-order valence-electron chi connectivity index (χ2n) is 5.18. The summed E-state index contributed by atoms with van der Waals surface area (Å²) < 4.78 is 4.66. The molecule has 0 saturated carbocycles. The van der Waals surface area contributed by atoms with Crippen LogP contribution in [0.4, 0.5) is 0 Å². The summed E-state index contributed by atoms with van der Waals surface area (Å²) in [7, 11) is 0. The van der Waals surface area contributed by atoms with E-state index in [9.17, 15) is 4.79 Å². The van der Waals surface area contributed by atoms with Gasteiger partial charge in [0.15, 0.2) is 0 Å². The Morgan fingerprint density at radius 1 is 1.56 bits per heavy atom. The van der Waals surface area contributed by atoms with E-state index in [1.54, 1.807) is 6.07 Å². The fraction of sp³-hybridized carbons (Fsp3) is 0.667. The molecule has 92 valence electrons. The summed E-state index contributed by atoms with van der Waals surface area (Å²) in [4.78, 5) is 11.4. The summed E-state index contributed by atoms with van der Waals surface area (Å²) in [6.45, 7) is 7.33. The average molecular weight is 226 g/mol. The summed E-state index contributed by atoms with van der Waals surface area (Å²) in [6.07, 6.45) is 3.89. The van der Waals surface area contributed by atoms with Crippen LogP contribution in [0.5, 0.6) is 0 Å². The lowest BCUT2D eigenvalue weighted by molar-refractivity contribution is -0.120. The molecule has 0 aliphatic rings. The second-order valence-corrected chi connectivity index (χ2v) is 5.18. The van der Waals surface area contributed by atoms with Gasteiger partial charge in [0.05, 0.1) is 12.1 Å². The molecular weight excluding hydrogens is 204 g/mol. The predicted molar refractivity (Wildman–Crippen MR) is 64.0 cm³/mol. The van der Waals surface area contributed by atoms with Crippen molar-refractivity contribution in [1.82, 2.24) is 10.5 Å². The minimum absolute atomic E-state index is 0. The lowest BCUT2D eigenvalue weighted by Crippen LogP contribution is -2.26. The lowest BCUT2D eigenvalue weighted by Gasteiger charge is -2.17. The number of carbonyl (C=O) groups is 1. The molecule has 1 amide bonds. The van der Waals surface area contributed by atoms with Gasteiger partial charge in [-0.05, 0) is 18.3 Å². The Labute approximate surface area is 97.9 Å². The second kappa shape index (κ2) is 5.68. The highest BCUT2D eigenvalue weighted by molar-refractivity contribution is 5.77. The van der Waals surface area contributed by atoms with E-state index in [1.807, 2.05) is 0 Å². The van der Waals surface area contributed by atoms with Gasteiger partial charge in [0.1, 0.15) is 6.26 Å². The first kappa shape index (κ1) is 12.7. The highest BCUT2D eigenvalue weighted by Gasteiger charge is 2.10. The van der Waals surface area contributed by atoms with Crippen LogP contribution in [0.15, 0.2) is 16.9 Å². The molecule has 0 spiro atoms. The maximum absolute atomic E-state index is 11.4. The monoisotopic (exact) mass is 226 g/mol. The Hall–Kier alpha value is -1.32. The largest absolute Gasteiger partial charge is 0.364 e. The Bertz CT molecular complexity index is 318. The Morgan fingerprint density at radius 2 is 2.31 bits per heavy atom. The van der Waals surface area contributed by atoms with Gasteiger partial charge >= 0.3 is 0 Å². The number of rotatable bonds is 5. The molecule has 1 rings (SSSR count). The van der Waals surface area contributed by atoms with Crippen LogP contribution >= 0.6 is 0 Å². The van der Waals surface area contributed by atoms with E-state index in [0.717, 1.165) is 19.4 Å². The predicted octanol–water partition coefficient (Wildman–Crippen LogP) is 2.41. The van der Waals surface area contributed by atoms with Crippen molar-refractivity contribution in [1.29, 1.82) is 0 Å². The Balaban J connectivity index is 0.00000256. The number of nitrogens with zero attached hydrogens (tertiary/aromatic N) is 1. The van der Waals surface area contributed by atoms with E-state index < -0.39 is 0 Å². The van der Waals surface area contributed by atoms with Crippen molar-refractivity contribution in [2.45, 2.75) is 40.0 Å². The van der Waals surface area contributed by atoms with Crippen molar-refractivity contribution in [2.24, 2.45) is 5.41 Å². The SMILES string of the molecule is CC(C)(C)CCCNC(=O)Cc1ccon1.[HH]. The topological polar surface area (TPSA) is 55.1 Å². The molecule has 0 aliphatic heterocycles. The Morgan fingerprint density at radius 3 is 2.88 bits per heavy atom. The summed E-state index contributed by atoms with van der Waals surface area (Å²) >= 11 is 0. The van der Waals surface area contributed by atoms with Crippen LogP contribution in [-0.4, -0.2) is 17.6 Å². The smallest absolute Gasteiger partial charge is 0.226 e. The molecule has 0 bridgehead atoms. The minimum atomic E-state index is 0. The van der Waals surface area contributed by atoms with Crippen molar-refractivity contribution in [3.8, 4) is 0 Å². The molecule has 1 heterocycles. The van der Waals surface area contributed by atoms with Gasteiger partial charge in [-0.1, -0.05) is 25.9 Å². The summed E-state index contributed by atoms with van der Waals surface area (Å²) in [5, 5.41) is 6.56. The van der Waals surface area contributed by atoms with E-state index in [2.05, 4.69) is 35.8 Å². The van der Waals surface area contributed by atoms with E-state index in [0.29, 0.717) is 17.5 Å². The van der Waals surface area contributed by atoms with Crippen LogP contribution in [0.2, 0.25) is 0 Å². The third kappa shape index (κ3) is 5.53. The maximum Gasteiger partial charge on any atom is 0.226 e. The molecule has 0 aromatic carbocycles. The van der Waals surface area contributed by atoms with Crippen molar-refractivity contribution < 1.29 is 10.7 Å². The molecule has 0 aliphatic carbocycles. The molecule has 4 nitrogen and oxygen atoms in total. The van der Waals surface area contributed by atoms with Crippen LogP contribution in [0, 0.1) is 5.41 Å². The van der Waals surface area contributed by atoms with Crippen molar-refractivity contribution in [3.63, 3.8) is 0 Å². The number of amides is 1. The average Bonchev–Trinajstić information content (AvgIpc) is 2.63. The van der Waals surface area contributed by atoms with E-state index in [4.69, 9.17) is 0 Å². The molecule has 0 unspecified atom stereocenters. The van der Waals surface area contributed by atoms with Gasteiger partial charge in [0.25, 0.3) is 0 Å². The molecule has 1 N–H and O–H groups in total. The molecule has 4 heteroatoms. The van der Waals surface area contributed by atoms with Crippen molar-refractivity contribution in [3.05, 3.63) is 18.0 Å². The molecule has 0 radical (unpaired) electrons. The first-order chi connectivity index (χ1) is 7.47. The molecular formula is C12H22N2O2. The zero-order valence-electron chi connectivity index (χ0n) is 10.2. The van der Waals surface area contributed by atoms with Crippen LogP contribution < -0.4 is 5.32 Å². The van der Waals surface area contributed by atoms with Gasteiger partial charge in [-0.2, -0.15) is 0 Å². The van der Waals surface area contributed by atoms with Gasteiger partial charge in [-0.25, -0.2) is 0 Å². The maximum atomic E-state index is 11.4. The highest BCUT2D eigenvalue weighted by Crippen LogP contribution is 2.19. The minimum Gasteiger partial charge on any atom is -0.364 e. The molecule has 0 fully saturated rings. The zero-order chi connectivity index (χ0) is 12.0. The van der Waals surface area contributed by atoms with Gasteiger partial charge in [0, 0.05) is 14.0 Å². The number of aromatic nitrogens is 1. The van der Waals surface area contributed by atoms with Gasteiger partial charge in [0.2, 0.25) is 5.91 Å². The van der Waals surface area contributed by atoms with E-state index >= 15 is 0 Å². The molecule has 1 aromatic rings. The van der Waals surface area contributed by atoms with Gasteiger partial charge < -0.3 is 9.84 Å². The van der Waals surface area contributed by atoms with E-state index in [-0.39, 0.29) is 7.33 Å². The number of hydrogen-bond donors (Lipinski definition) is 1. The number of carbonyl (C=O) groups excluding carboxylic acids is 1.